The molecule has 0 bridgehead atoms. The minimum atomic E-state index is 0.446. The fourth-order valence-corrected chi connectivity index (χ4v) is 1.25. The molecular formula is C11H14O4. The molecule has 0 radical (unpaired) electrons. The highest BCUT2D eigenvalue weighted by Crippen LogP contribution is 2.33. The Morgan fingerprint density at radius 3 is 2.27 bits per heavy atom. The van der Waals surface area contributed by atoms with Gasteiger partial charge >= 0.3 is 0 Å². The van der Waals surface area contributed by atoms with Crippen molar-refractivity contribution in [3.63, 3.8) is 0 Å². The predicted molar refractivity (Wildman–Crippen MR) is 56.1 cm³/mol. The summed E-state index contributed by atoms with van der Waals surface area (Å²) in [5, 5.41) is 0. The number of carbonyl (C=O) groups is 1. The van der Waals surface area contributed by atoms with E-state index in [0.29, 0.717) is 29.4 Å². The van der Waals surface area contributed by atoms with Crippen LogP contribution in [0.4, 0.5) is 0 Å². The van der Waals surface area contributed by atoms with Crippen LogP contribution in [-0.4, -0.2) is 27.1 Å². The molecule has 1 rings (SSSR count). The van der Waals surface area contributed by atoms with Gasteiger partial charge in [0.05, 0.1) is 26.4 Å². The van der Waals surface area contributed by atoms with Crippen molar-refractivity contribution in [1.29, 1.82) is 0 Å². The smallest absolute Gasteiger partial charge is 0.164 e. The average Bonchev–Trinajstić information content (AvgIpc) is 2.28. The van der Waals surface area contributed by atoms with Crippen LogP contribution in [0.3, 0.4) is 0 Å². The van der Waals surface area contributed by atoms with E-state index < -0.39 is 0 Å². The molecule has 1 aromatic carbocycles. The summed E-state index contributed by atoms with van der Waals surface area (Å²) >= 11 is 0. The molecule has 0 saturated carbocycles. The van der Waals surface area contributed by atoms with E-state index in [0.717, 1.165) is 6.29 Å². The summed E-state index contributed by atoms with van der Waals surface area (Å²) in [6.45, 7) is 2.38. The molecule has 0 aliphatic heterocycles. The first-order chi connectivity index (χ1) is 7.26. The van der Waals surface area contributed by atoms with E-state index in [1.807, 2.05) is 6.92 Å². The van der Waals surface area contributed by atoms with E-state index in [9.17, 15) is 4.79 Å². The lowest BCUT2D eigenvalue weighted by Gasteiger charge is -2.12. The van der Waals surface area contributed by atoms with Crippen molar-refractivity contribution in [1.82, 2.24) is 0 Å². The van der Waals surface area contributed by atoms with Gasteiger partial charge in [0.2, 0.25) is 0 Å². The summed E-state index contributed by atoms with van der Waals surface area (Å²) in [7, 11) is 3.04. The number of hydrogen-bond donors (Lipinski definition) is 0. The molecule has 0 saturated heterocycles. The van der Waals surface area contributed by atoms with Crippen LogP contribution in [-0.2, 0) is 0 Å². The van der Waals surface area contributed by atoms with Gasteiger partial charge in [-0.3, -0.25) is 4.79 Å². The Kier molecular flexibility index (Phi) is 3.97. The summed E-state index contributed by atoms with van der Waals surface area (Å²) in [5.74, 6) is 1.58. The lowest BCUT2D eigenvalue weighted by atomic mass is 10.2. The third kappa shape index (κ3) is 2.40. The maximum atomic E-state index is 10.8. The second-order valence-corrected chi connectivity index (χ2v) is 2.80. The topological polar surface area (TPSA) is 44.8 Å². The molecule has 4 heteroatoms. The minimum absolute atomic E-state index is 0.446. The molecule has 0 amide bonds. The minimum Gasteiger partial charge on any atom is -0.496 e. The third-order valence-corrected chi connectivity index (χ3v) is 1.94. The number of hydrogen-bond acceptors (Lipinski definition) is 4. The van der Waals surface area contributed by atoms with E-state index in [1.165, 1.54) is 14.2 Å². The van der Waals surface area contributed by atoms with Crippen LogP contribution in [0.25, 0.3) is 0 Å². The molecule has 0 atom stereocenters. The van der Waals surface area contributed by atoms with Gasteiger partial charge in [0.1, 0.15) is 5.75 Å². The number of carbonyl (C=O) groups excluding carboxylic acids is 1. The fourth-order valence-electron chi connectivity index (χ4n) is 1.25. The second-order valence-electron chi connectivity index (χ2n) is 2.80. The van der Waals surface area contributed by atoms with Crippen LogP contribution in [0.2, 0.25) is 0 Å². The first-order valence-electron chi connectivity index (χ1n) is 4.60. The highest BCUT2D eigenvalue weighted by atomic mass is 16.5. The number of methoxy groups -OCH3 is 2. The molecule has 0 aliphatic carbocycles. The van der Waals surface area contributed by atoms with Gasteiger partial charge in [0.15, 0.2) is 17.8 Å². The van der Waals surface area contributed by atoms with Gasteiger partial charge < -0.3 is 14.2 Å². The van der Waals surface area contributed by atoms with Crippen molar-refractivity contribution >= 4 is 6.29 Å². The second kappa shape index (κ2) is 5.24. The van der Waals surface area contributed by atoms with Crippen LogP contribution in [0.1, 0.15) is 17.3 Å². The van der Waals surface area contributed by atoms with E-state index in [-0.39, 0.29) is 0 Å². The van der Waals surface area contributed by atoms with Gasteiger partial charge in [0, 0.05) is 6.07 Å². The number of benzene rings is 1. The molecule has 0 heterocycles. The Hall–Kier alpha value is -1.71. The van der Waals surface area contributed by atoms with Crippen LogP contribution < -0.4 is 14.2 Å². The maximum absolute atomic E-state index is 10.8. The largest absolute Gasteiger partial charge is 0.496 e. The molecule has 0 fully saturated rings. The van der Waals surface area contributed by atoms with Gasteiger partial charge in [-0.15, -0.1) is 0 Å². The molecule has 1 aromatic rings. The summed E-state index contributed by atoms with van der Waals surface area (Å²) in [5.41, 5.74) is 0.446. The van der Waals surface area contributed by atoms with Gasteiger partial charge in [-0.2, -0.15) is 0 Å². The predicted octanol–water partition coefficient (Wildman–Crippen LogP) is 1.91. The van der Waals surface area contributed by atoms with E-state index in [1.54, 1.807) is 12.1 Å². The number of rotatable bonds is 5. The quantitative estimate of drug-likeness (QED) is 0.696. The Morgan fingerprint density at radius 2 is 1.80 bits per heavy atom. The molecule has 15 heavy (non-hydrogen) atoms. The van der Waals surface area contributed by atoms with Gasteiger partial charge in [-0.1, -0.05) is 0 Å². The molecule has 4 nitrogen and oxygen atoms in total. The van der Waals surface area contributed by atoms with Crippen LogP contribution in [0.5, 0.6) is 17.2 Å². The third-order valence-electron chi connectivity index (χ3n) is 1.94. The zero-order valence-electron chi connectivity index (χ0n) is 9.07. The van der Waals surface area contributed by atoms with Gasteiger partial charge in [-0.05, 0) is 13.0 Å². The van der Waals surface area contributed by atoms with Crippen LogP contribution >= 0.6 is 0 Å². The van der Waals surface area contributed by atoms with Crippen molar-refractivity contribution in [2.75, 3.05) is 20.8 Å². The SMILES string of the molecule is CCOc1cc(C=O)c(OC)cc1OC. The fraction of sp³-hybridized carbons (Fsp3) is 0.364. The normalized spacial score (nSPS) is 9.53. The van der Waals surface area contributed by atoms with Crippen molar-refractivity contribution in [3.8, 4) is 17.2 Å². The average molecular weight is 210 g/mol. The lowest BCUT2D eigenvalue weighted by Crippen LogP contribution is -1.98. The molecular weight excluding hydrogens is 196 g/mol. The molecule has 0 N–H and O–H groups in total. The molecule has 0 aromatic heterocycles. The van der Waals surface area contributed by atoms with Crippen LogP contribution in [0, 0.1) is 0 Å². The molecule has 0 unspecified atom stereocenters. The Labute approximate surface area is 88.8 Å². The van der Waals surface area contributed by atoms with Crippen molar-refractivity contribution in [3.05, 3.63) is 17.7 Å². The zero-order valence-corrected chi connectivity index (χ0v) is 9.07. The molecule has 0 spiro atoms. The van der Waals surface area contributed by atoms with Gasteiger partial charge in [-0.25, -0.2) is 0 Å². The summed E-state index contributed by atoms with van der Waals surface area (Å²) < 4.78 is 15.5. The Bertz CT molecular complexity index is 347. The number of aldehydes is 1. The summed E-state index contributed by atoms with van der Waals surface area (Å²) in [6, 6.07) is 3.24. The summed E-state index contributed by atoms with van der Waals surface area (Å²) in [4.78, 5) is 10.8. The van der Waals surface area contributed by atoms with E-state index in [2.05, 4.69) is 0 Å². The Morgan fingerprint density at radius 1 is 1.13 bits per heavy atom. The lowest BCUT2D eigenvalue weighted by molar-refractivity contribution is 0.112. The zero-order chi connectivity index (χ0) is 11.3. The van der Waals surface area contributed by atoms with E-state index in [4.69, 9.17) is 14.2 Å². The van der Waals surface area contributed by atoms with Crippen molar-refractivity contribution in [2.24, 2.45) is 0 Å². The van der Waals surface area contributed by atoms with Gasteiger partial charge in [0.25, 0.3) is 0 Å². The highest BCUT2D eigenvalue weighted by Gasteiger charge is 2.11. The Balaban J connectivity index is 3.20. The number of ether oxygens (including phenoxy) is 3. The first kappa shape index (κ1) is 11.4. The molecule has 0 aliphatic rings. The maximum Gasteiger partial charge on any atom is 0.164 e. The van der Waals surface area contributed by atoms with Crippen molar-refractivity contribution < 1.29 is 19.0 Å². The first-order valence-corrected chi connectivity index (χ1v) is 4.60. The molecule has 82 valence electrons. The van der Waals surface area contributed by atoms with E-state index >= 15 is 0 Å². The van der Waals surface area contributed by atoms with Crippen LogP contribution in [0.15, 0.2) is 12.1 Å². The summed E-state index contributed by atoms with van der Waals surface area (Å²) in [6.07, 6.45) is 0.723. The van der Waals surface area contributed by atoms with Crippen molar-refractivity contribution in [2.45, 2.75) is 6.92 Å². The monoisotopic (exact) mass is 210 g/mol. The standard InChI is InChI=1S/C11H14O4/c1-4-15-11-5-8(7-12)9(13-2)6-10(11)14-3/h5-7H,4H2,1-3H3. The highest BCUT2D eigenvalue weighted by molar-refractivity contribution is 5.81.